The molecule has 9 heteroatoms. The molecule has 0 saturated heterocycles. The fourth-order valence-electron chi connectivity index (χ4n) is 5.21. The number of ether oxygens (including phenoxy) is 1. The van der Waals surface area contributed by atoms with Gasteiger partial charge in [-0.15, -0.1) is 0 Å². The largest absolute Gasteiger partial charge is 0.465 e. The quantitative estimate of drug-likeness (QED) is 0.285. The Bertz CT molecular complexity index is 1730. The highest BCUT2D eigenvalue weighted by Gasteiger charge is 2.36. The molecule has 1 atom stereocenters. The van der Waals surface area contributed by atoms with Crippen LogP contribution in [0.4, 0.5) is 14.9 Å². The van der Waals surface area contributed by atoms with Gasteiger partial charge in [-0.2, -0.15) is 5.10 Å². The van der Waals surface area contributed by atoms with Gasteiger partial charge in [0.05, 0.1) is 42.3 Å². The number of nitrogens with zero attached hydrogens (tertiary/aromatic N) is 4. The van der Waals surface area contributed by atoms with E-state index in [2.05, 4.69) is 5.32 Å². The highest BCUT2D eigenvalue weighted by atomic mass is 19.1. The number of esters is 1. The number of carbonyl (C=O) groups is 2. The van der Waals surface area contributed by atoms with Gasteiger partial charge in [0.2, 0.25) is 0 Å². The molecular formula is C31H26FN5O3. The van der Waals surface area contributed by atoms with Crippen LogP contribution >= 0.6 is 0 Å². The lowest BCUT2D eigenvalue weighted by atomic mass is 10.0. The average molecular weight is 536 g/mol. The third-order valence-electron chi connectivity index (χ3n) is 7.05. The number of fused-ring (bicyclic) bond motifs is 3. The van der Waals surface area contributed by atoms with Gasteiger partial charge in [-0.3, -0.25) is 0 Å². The molecular weight excluding hydrogens is 509 g/mol. The molecule has 0 unspecified atom stereocenters. The Morgan fingerprint density at radius 3 is 2.55 bits per heavy atom. The number of methoxy groups -OCH3 is 1. The third kappa shape index (κ3) is 4.41. The zero-order valence-electron chi connectivity index (χ0n) is 21.9. The number of carbonyl (C=O) groups excluding carboxylic acids is 2. The molecule has 0 spiro atoms. The molecule has 200 valence electrons. The number of aromatic nitrogens is 3. The van der Waals surface area contributed by atoms with Crippen LogP contribution in [0.3, 0.4) is 0 Å². The van der Waals surface area contributed by atoms with Crippen molar-refractivity contribution in [2.45, 2.75) is 19.5 Å². The molecule has 0 saturated carbocycles. The molecule has 2 aromatic heterocycles. The zero-order valence-corrected chi connectivity index (χ0v) is 21.9. The molecule has 3 aromatic carbocycles. The molecule has 40 heavy (non-hydrogen) atoms. The van der Waals surface area contributed by atoms with Gasteiger partial charge < -0.3 is 19.5 Å². The fourth-order valence-corrected chi connectivity index (χ4v) is 5.21. The fraction of sp³-hybridized carbons (Fsp3) is 0.129. The van der Waals surface area contributed by atoms with Gasteiger partial charge in [-0.25, -0.2) is 18.7 Å². The zero-order chi connectivity index (χ0) is 27.8. The second-order valence-electron chi connectivity index (χ2n) is 9.53. The van der Waals surface area contributed by atoms with E-state index in [4.69, 9.17) is 9.84 Å². The van der Waals surface area contributed by atoms with Gasteiger partial charge in [0.25, 0.3) is 0 Å². The summed E-state index contributed by atoms with van der Waals surface area (Å²) in [4.78, 5) is 27.8. The first-order valence-corrected chi connectivity index (χ1v) is 12.8. The Morgan fingerprint density at radius 1 is 0.975 bits per heavy atom. The van der Waals surface area contributed by atoms with Gasteiger partial charge in [0.1, 0.15) is 11.6 Å². The van der Waals surface area contributed by atoms with Crippen molar-refractivity contribution >= 4 is 17.7 Å². The van der Waals surface area contributed by atoms with Crippen molar-refractivity contribution in [3.05, 3.63) is 131 Å². The van der Waals surface area contributed by atoms with E-state index in [1.807, 2.05) is 70.9 Å². The Balaban J connectivity index is 1.50. The smallest absolute Gasteiger partial charge is 0.337 e. The summed E-state index contributed by atoms with van der Waals surface area (Å²) in [6.07, 6.45) is 1.93. The predicted molar refractivity (Wildman–Crippen MR) is 148 cm³/mol. The Kier molecular flexibility index (Phi) is 6.39. The van der Waals surface area contributed by atoms with Gasteiger partial charge in [0.15, 0.2) is 0 Å². The van der Waals surface area contributed by atoms with Crippen molar-refractivity contribution < 1.29 is 18.7 Å². The molecule has 1 aliphatic heterocycles. The molecule has 3 heterocycles. The van der Waals surface area contributed by atoms with Crippen molar-refractivity contribution in [2.75, 3.05) is 12.4 Å². The van der Waals surface area contributed by atoms with E-state index in [1.165, 1.54) is 19.2 Å². The maximum Gasteiger partial charge on any atom is 0.337 e. The molecule has 0 radical (unpaired) electrons. The summed E-state index contributed by atoms with van der Waals surface area (Å²) in [6, 6.07) is 25.4. The maximum absolute atomic E-state index is 14.5. The lowest BCUT2D eigenvalue weighted by molar-refractivity contribution is 0.0600. The van der Waals surface area contributed by atoms with Gasteiger partial charge in [0, 0.05) is 17.4 Å². The summed E-state index contributed by atoms with van der Waals surface area (Å²) in [6.45, 7) is 2.12. The topological polar surface area (TPSA) is 81.4 Å². The first kappa shape index (κ1) is 25.1. The van der Waals surface area contributed by atoms with Crippen LogP contribution in [0.5, 0.6) is 0 Å². The number of benzene rings is 3. The van der Waals surface area contributed by atoms with Crippen molar-refractivity contribution in [3.63, 3.8) is 0 Å². The minimum Gasteiger partial charge on any atom is -0.465 e. The number of hydrogen-bond donors (Lipinski definition) is 1. The van der Waals surface area contributed by atoms with Crippen LogP contribution in [-0.4, -0.2) is 38.4 Å². The van der Waals surface area contributed by atoms with E-state index in [-0.39, 0.29) is 6.54 Å². The SMILES string of the molecule is COC(=O)c1cccc(NC(=O)N2Cc3c(C)nn(-c4ccccc4)c3-n3cccc3[C@H]2c2cccc(F)c2)c1. The third-order valence-corrected chi connectivity index (χ3v) is 7.05. The van der Waals surface area contributed by atoms with Gasteiger partial charge in [-0.05, 0) is 67.1 Å². The number of anilines is 1. The standard InChI is InChI=1S/C31H26FN5O3/c1-20-26-19-36(31(39)33-24-12-7-10-22(18-24)30(38)40-2)28(21-9-6-11-23(32)17-21)27-15-8-16-35(27)29(26)37(34-20)25-13-4-3-5-14-25/h3-18,28H,19H2,1-2H3,(H,33,39)/t28-/m1/s1. The number of urea groups is 1. The number of para-hydroxylation sites is 1. The number of rotatable bonds is 4. The lowest BCUT2D eigenvalue weighted by Gasteiger charge is -2.31. The van der Waals surface area contributed by atoms with Crippen LogP contribution < -0.4 is 5.32 Å². The summed E-state index contributed by atoms with van der Waals surface area (Å²) in [7, 11) is 1.30. The number of halogens is 1. The molecule has 5 aromatic rings. The minimum atomic E-state index is -0.620. The molecule has 6 rings (SSSR count). The van der Waals surface area contributed by atoms with E-state index >= 15 is 0 Å². The molecule has 0 fully saturated rings. The van der Waals surface area contributed by atoms with E-state index in [9.17, 15) is 14.0 Å². The number of hydrogen-bond acceptors (Lipinski definition) is 4. The maximum atomic E-state index is 14.5. The van der Waals surface area contributed by atoms with Crippen LogP contribution in [-0.2, 0) is 11.3 Å². The molecule has 1 N–H and O–H groups in total. The van der Waals surface area contributed by atoms with Crippen molar-refractivity contribution in [1.82, 2.24) is 19.2 Å². The van der Waals surface area contributed by atoms with Crippen LogP contribution in [0, 0.1) is 12.7 Å². The van der Waals surface area contributed by atoms with Crippen molar-refractivity contribution in [1.29, 1.82) is 0 Å². The monoisotopic (exact) mass is 535 g/mol. The summed E-state index contributed by atoms with van der Waals surface area (Å²) in [5, 5.41) is 7.77. The number of nitrogens with one attached hydrogen (secondary N) is 1. The molecule has 2 amide bonds. The van der Waals surface area contributed by atoms with E-state index < -0.39 is 23.9 Å². The Morgan fingerprint density at radius 2 is 1.77 bits per heavy atom. The average Bonchev–Trinajstić information content (AvgIpc) is 3.53. The normalized spacial score (nSPS) is 14.2. The van der Waals surface area contributed by atoms with E-state index in [0.29, 0.717) is 16.8 Å². The van der Waals surface area contributed by atoms with Gasteiger partial charge in [-0.1, -0.05) is 36.4 Å². The second kappa shape index (κ2) is 10.2. The molecule has 0 bridgehead atoms. The van der Waals surface area contributed by atoms with E-state index in [1.54, 1.807) is 35.2 Å². The minimum absolute atomic E-state index is 0.208. The van der Waals surface area contributed by atoms with Crippen LogP contribution in [0.25, 0.3) is 11.5 Å². The lowest BCUT2D eigenvalue weighted by Crippen LogP contribution is -2.38. The van der Waals surface area contributed by atoms with Gasteiger partial charge >= 0.3 is 12.0 Å². The summed E-state index contributed by atoms with van der Waals surface area (Å²) < 4.78 is 23.2. The van der Waals surface area contributed by atoms with Crippen molar-refractivity contribution in [2.24, 2.45) is 0 Å². The van der Waals surface area contributed by atoms with Crippen LogP contribution in [0.15, 0.2) is 97.2 Å². The number of amides is 2. The first-order chi connectivity index (χ1) is 19.4. The predicted octanol–water partition coefficient (Wildman–Crippen LogP) is 6.03. The Hall–Kier alpha value is -5.18. The van der Waals surface area contributed by atoms with Crippen molar-refractivity contribution in [3.8, 4) is 11.5 Å². The number of aryl methyl sites for hydroxylation is 1. The molecule has 1 aliphatic rings. The van der Waals surface area contributed by atoms with Crippen LogP contribution in [0.2, 0.25) is 0 Å². The second-order valence-corrected chi connectivity index (χ2v) is 9.53. The summed E-state index contributed by atoms with van der Waals surface area (Å²) in [5.74, 6) is -0.0850. The molecule has 0 aliphatic carbocycles. The first-order valence-electron chi connectivity index (χ1n) is 12.8. The highest BCUT2D eigenvalue weighted by molar-refractivity contribution is 5.94. The van der Waals surface area contributed by atoms with Crippen LogP contribution in [0.1, 0.15) is 38.9 Å². The highest BCUT2D eigenvalue weighted by Crippen LogP contribution is 2.39. The summed E-state index contributed by atoms with van der Waals surface area (Å²) in [5.41, 5.74) is 4.66. The molecule has 8 nitrogen and oxygen atoms in total. The summed E-state index contributed by atoms with van der Waals surface area (Å²) >= 11 is 0. The van der Waals surface area contributed by atoms with E-state index in [0.717, 1.165) is 28.5 Å². The Labute approximate surface area is 230 Å².